The summed E-state index contributed by atoms with van der Waals surface area (Å²) in [5.41, 5.74) is 3.88. The normalized spacial score (nSPS) is 10.5. The van der Waals surface area contributed by atoms with E-state index < -0.39 is 0 Å². The number of ether oxygens (including phenoxy) is 1. The van der Waals surface area contributed by atoms with E-state index in [1.54, 1.807) is 24.5 Å². The van der Waals surface area contributed by atoms with E-state index in [4.69, 9.17) is 4.74 Å². The zero-order valence-electron chi connectivity index (χ0n) is 14.3. The number of carbonyl (C=O) groups is 1. The van der Waals surface area contributed by atoms with E-state index in [0.717, 1.165) is 28.4 Å². The molecule has 1 amide bonds. The molecule has 0 aliphatic rings. The lowest BCUT2D eigenvalue weighted by Gasteiger charge is -2.06. The molecule has 3 aromatic rings. The molecule has 0 aliphatic heterocycles. The third-order valence-electron chi connectivity index (χ3n) is 3.86. The maximum Gasteiger partial charge on any atom is 0.230 e. The van der Waals surface area contributed by atoms with Crippen molar-refractivity contribution in [3.05, 3.63) is 65.2 Å². The van der Waals surface area contributed by atoms with Crippen LogP contribution in [0.15, 0.2) is 53.9 Å². The van der Waals surface area contributed by atoms with E-state index in [1.807, 2.05) is 23.6 Å². The summed E-state index contributed by atoms with van der Waals surface area (Å²) in [6.45, 7) is 2.14. The number of benzene rings is 2. The lowest BCUT2D eigenvalue weighted by atomic mass is 10.1. The molecule has 0 fully saturated rings. The molecule has 0 saturated carbocycles. The van der Waals surface area contributed by atoms with Gasteiger partial charge < -0.3 is 10.1 Å². The lowest BCUT2D eigenvalue weighted by Crippen LogP contribution is -2.14. The van der Waals surface area contributed by atoms with Crippen LogP contribution in [0.3, 0.4) is 0 Å². The van der Waals surface area contributed by atoms with Crippen molar-refractivity contribution in [3.63, 3.8) is 0 Å². The number of anilines is 1. The minimum Gasteiger partial charge on any atom is -0.497 e. The molecule has 128 valence electrons. The predicted octanol–water partition coefficient (Wildman–Crippen LogP) is 4.56. The number of hydrogen-bond acceptors (Lipinski definition) is 4. The number of thiazole rings is 1. The lowest BCUT2D eigenvalue weighted by molar-refractivity contribution is -0.115. The van der Waals surface area contributed by atoms with Crippen molar-refractivity contribution >= 4 is 22.9 Å². The van der Waals surface area contributed by atoms with Crippen molar-refractivity contribution in [1.82, 2.24) is 4.98 Å². The number of nitrogens with one attached hydrogen (secondary N) is 1. The van der Waals surface area contributed by atoms with Gasteiger partial charge in [0, 0.05) is 22.7 Å². The van der Waals surface area contributed by atoms with Gasteiger partial charge in [0.1, 0.15) is 10.8 Å². The number of aryl methyl sites for hydroxylation is 1. The third kappa shape index (κ3) is 4.45. The van der Waals surface area contributed by atoms with Crippen molar-refractivity contribution in [3.8, 4) is 16.3 Å². The van der Waals surface area contributed by atoms with Crippen LogP contribution in [0.5, 0.6) is 5.75 Å². The van der Waals surface area contributed by atoms with Gasteiger partial charge in [-0.25, -0.2) is 4.98 Å². The van der Waals surface area contributed by atoms with E-state index in [9.17, 15) is 4.79 Å². The second kappa shape index (κ2) is 7.94. The zero-order valence-corrected chi connectivity index (χ0v) is 15.1. The largest absolute Gasteiger partial charge is 0.497 e. The molecule has 1 N–H and O–H groups in total. The fraction of sp³-hybridized carbons (Fsp3) is 0.200. The topological polar surface area (TPSA) is 51.2 Å². The highest BCUT2D eigenvalue weighted by atomic mass is 32.1. The van der Waals surface area contributed by atoms with Crippen LogP contribution in [0.25, 0.3) is 10.6 Å². The Hall–Kier alpha value is -2.66. The first-order valence-electron chi connectivity index (χ1n) is 8.15. The Labute approximate surface area is 151 Å². The summed E-state index contributed by atoms with van der Waals surface area (Å²) in [5.74, 6) is 0.621. The van der Waals surface area contributed by atoms with Crippen molar-refractivity contribution in [2.45, 2.75) is 19.8 Å². The highest BCUT2D eigenvalue weighted by molar-refractivity contribution is 7.13. The van der Waals surface area contributed by atoms with Gasteiger partial charge in [0.25, 0.3) is 0 Å². The molecule has 0 unspecified atom stereocenters. The van der Waals surface area contributed by atoms with E-state index in [1.165, 1.54) is 5.56 Å². The Bertz CT molecular complexity index is 856. The number of rotatable bonds is 6. The zero-order chi connectivity index (χ0) is 17.6. The summed E-state index contributed by atoms with van der Waals surface area (Å²) in [5, 5.41) is 5.75. The minimum absolute atomic E-state index is 0.0913. The summed E-state index contributed by atoms with van der Waals surface area (Å²) < 4.78 is 5.16. The van der Waals surface area contributed by atoms with Gasteiger partial charge in [0.15, 0.2) is 0 Å². The molecule has 0 spiro atoms. The highest BCUT2D eigenvalue weighted by Crippen LogP contribution is 2.24. The first kappa shape index (κ1) is 17.2. The predicted molar refractivity (Wildman–Crippen MR) is 102 cm³/mol. The molecule has 2 aromatic carbocycles. The molecule has 0 atom stereocenters. The van der Waals surface area contributed by atoms with Gasteiger partial charge in [0.05, 0.1) is 19.2 Å². The molecular weight excluding hydrogens is 332 g/mol. The summed E-state index contributed by atoms with van der Waals surface area (Å²) >= 11 is 1.56. The summed E-state index contributed by atoms with van der Waals surface area (Å²) in [7, 11) is 1.60. The van der Waals surface area contributed by atoms with Crippen LogP contribution in [0.4, 0.5) is 5.69 Å². The van der Waals surface area contributed by atoms with Crippen molar-refractivity contribution in [2.75, 3.05) is 12.4 Å². The molecular formula is C20H20N2O2S. The minimum atomic E-state index is -0.0913. The second-order valence-corrected chi connectivity index (χ2v) is 6.51. The Morgan fingerprint density at radius 1 is 1.20 bits per heavy atom. The Balaban J connectivity index is 1.64. The molecule has 0 aliphatic carbocycles. The fourth-order valence-corrected chi connectivity index (χ4v) is 3.30. The first-order chi connectivity index (χ1) is 12.2. The van der Waals surface area contributed by atoms with Crippen LogP contribution in [-0.4, -0.2) is 18.0 Å². The quantitative estimate of drug-likeness (QED) is 0.707. The molecule has 1 heterocycles. The van der Waals surface area contributed by atoms with Crippen molar-refractivity contribution in [2.24, 2.45) is 0 Å². The number of hydrogen-bond donors (Lipinski definition) is 1. The molecule has 5 heteroatoms. The van der Waals surface area contributed by atoms with Crippen LogP contribution in [0.2, 0.25) is 0 Å². The van der Waals surface area contributed by atoms with Gasteiger partial charge in [-0.2, -0.15) is 0 Å². The maximum atomic E-state index is 12.2. The van der Waals surface area contributed by atoms with E-state index in [0.29, 0.717) is 5.75 Å². The van der Waals surface area contributed by atoms with Crippen molar-refractivity contribution < 1.29 is 9.53 Å². The summed E-state index contributed by atoms with van der Waals surface area (Å²) in [6.07, 6.45) is 1.27. The van der Waals surface area contributed by atoms with Gasteiger partial charge in [-0.15, -0.1) is 11.3 Å². The number of aromatic nitrogens is 1. The highest BCUT2D eigenvalue weighted by Gasteiger charge is 2.10. The molecule has 25 heavy (non-hydrogen) atoms. The van der Waals surface area contributed by atoms with Gasteiger partial charge in [0.2, 0.25) is 5.91 Å². The maximum absolute atomic E-state index is 12.2. The van der Waals surface area contributed by atoms with Crippen LogP contribution in [0.1, 0.15) is 18.2 Å². The van der Waals surface area contributed by atoms with Crippen LogP contribution in [0, 0.1) is 0 Å². The van der Waals surface area contributed by atoms with E-state index in [2.05, 4.69) is 41.5 Å². The van der Waals surface area contributed by atoms with Crippen LogP contribution in [-0.2, 0) is 17.6 Å². The number of methoxy groups -OCH3 is 1. The van der Waals surface area contributed by atoms with Crippen LogP contribution >= 0.6 is 11.3 Å². The summed E-state index contributed by atoms with van der Waals surface area (Å²) in [6, 6.07) is 15.7. The average Bonchev–Trinajstić information content (AvgIpc) is 3.10. The summed E-state index contributed by atoms with van der Waals surface area (Å²) in [4.78, 5) is 16.8. The Kier molecular flexibility index (Phi) is 5.46. The second-order valence-electron chi connectivity index (χ2n) is 5.65. The van der Waals surface area contributed by atoms with Crippen molar-refractivity contribution in [1.29, 1.82) is 0 Å². The first-order valence-corrected chi connectivity index (χ1v) is 9.03. The Morgan fingerprint density at radius 2 is 2.00 bits per heavy atom. The number of nitrogens with zero attached hydrogens (tertiary/aromatic N) is 1. The Morgan fingerprint density at radius 3 is 2.72 bits per heavy atom. The number of amides is 1. The molecule has 0 bridgehead atoms. The molecule has 0 radical (unpaired) electrons. The standard InChI is InChI=1S/C20H20N2O2S/c1-3-14-7-9-15(10-8-14)20-22-17(13-25-20)12-19(23)21-16-5-4-6-18(11-16)24-2/h4-11,13H,3,12H2,1-2H3,(H,21,23). The monoisotopic (exact) mass is 352 g/mol. The molecule has 4 nitrogen and oxygen atoms in total. The van der Waals surface area contributed by atoms with E-state index >= 15 is 0 Å². The fourth-order valence-electron chi connectivity index (χ4n) is 2.47. The average molecular weight is 352 g/mol. The molecule has 1 aromatic heterocycles. The molecule has 3 rings (SSSR count). The van der Waals surface area contributed by atoms with Gasteiger partial charge >= 0.3 is 0 Å². The van der Waals surface area contributed by atoms with E-state index in [-0.39, 0.29) is 12.3 Å². The van der Waals surface area contributed by atoms with Gasteiger partial charge in [-0.05, 0) is 24.1 Å². The van der Waals surface area contributed by atoms with Gasteiger partial charge in [-0.3, -0.25) is 4.79 Å². The SMILES string of the molecule is CCc1ccc(-c2nc(CC(=O)Nc3cccc(OC)c3)cs2)cc1. The third-order valence-corrected chi connectivity index (χ3v) is 4.80. The van der Waals surface area contributed by atoms with Crippen LogP contribution < -0.4 is 10.1 Å². The molecule has 0 saturated heterocycles. The van der Waals surface area contributed by atoms with Gasteiger partial charge in [-0.1, -0.05) is 37.3 Å². The smallest absolute Gasteiger partial charge is 0.230 e. The number of carbonyl (C=O) groups excluding carboxylic acids is 1.